The first-order valence-electron chi connectivity index (χ1n) is 8.07. The molecule has 0 saturated carbocycles. The van der Waals surface area contributed by atoms with Gasteiger partial charge in [0.15, 0.2) is 5.96 Å². The van der Waals surface area contributed by atoms with Gasteiger partial charge in [-0.15, -0.1) is 0 Å². The van der Waals surface area contributed by atoms with Crippen LogP contribution < -0.4 is 15.5 Å². The van der Waals surface area contributed by atoms with Gasteiger partial charge < -0.3 is 15.5 Å². The molecule has 120 valence electrons. The molecule has 0 unspecified atom stereocenters. The zero-order chi connectivity index (χ0) is 15.8. The molecule has 2 N–H and O–H groups in total. The molecule has 1 aliphatic rings. The third-order valence-electron chi connectivity index (χ3n) is 3.96. The fraction of sp³-hybridized carbons (Fsp3) is 0.500. The van der Waals surface area contributed by atoms with E-state index in [1.807, 2.05) is 7.05 Å². The minimum atomic E-state index is 0.504. The molecule has 0 spiro atoms. The maximum Gasteiger partial charge on any atom is 0.191 e. The first kappa shape index (κ1) is 16.4. The van der Waals surface area contributed by atoms with Gasteiger partial charge in [-0.25, -0.2) is 0 Å². The third kappa shape index (κ3) is 5.10. The Labute approximate surface area is 134 Å². The van der Waals surface area contributed by atoms with Gasteiger partial charge in [-0.1, -0.05) is 24.3 Å². The second-order valence-electron chi connectivity index (χ2n) is 5.95. The standard InChI is InChI=1S/C18H28N4/c1-19-18(21-16-8-4-5-9-16)20-14-6-7-15-10-12-17(13-11-15)22(2)3/h4-5,10-13,16H,6-9,14H2,1-3H3,(H2,19,20,21). The molecular formula is C18H28N4. The van der Waals surface area contributed by atoms with E-state index in [4.69, 9.17) is 0 Å². The lowest BCUT2D eigenvalue weighted by Gasteiger charge is -2.17. The van der Waals surface area contributed by atoms with Gasteiger partial charge in [-0.05, 0) is 43.4 Å². The summed E-state index contributed by atoms with van der Waals surface area (Å²) in [7, 11) is 5.96. The van der Waals surface area contributed by atoms with Crippen LogP contribution in [0.4, 0.5) is 5.69 Å². The van der Waals surface area contributed by atoms with E-state index in [2.05, 4.69) is 71.0 Å². The molecule has 1 aliphatic carbocycles. The predicted octanol–water partition coefficient (Wildman–Crippen LogP) is 2.57. The minimum absolute atomic E-state index is 0.504. The lowest BCUT2D eigenvalue weighted by molar-refractivity contribution is 0.628. The van der Waals surface area contributed by atoms with Gasteiger partial charge in [0.05, 0.1) is 0 Å². The number of nitrogens with zero attached hydrogens (tertiary/aromatic N) is 2. The van der Waals surface area contributed by atoms with Crippen LogP contribution in [0.1, 0.15) is 24.8 Å². The highest BCUT2D eigenvalue weighted by Crippen LogP contribution is 2.13. The summed E-state index contributed by atoms with van der Waals surface area (Å²) in [5.74, 6) is 0.914. The van der Waals surface area contributed by atoms with E-state index in [1.165, 1.54) is 11.3 Å². The number of guanidine groups is 1. The summed E-state index contributed by atoms with van der Waals surface area (Å²) >= 11 is 0. The SMILES string of the molecule is CN=C(NCCCc1ccc(N(C)C)cc1)NC1CC=CC1. The maximum absolute atomic E-state index is 4.29. The van der Waals surface area contributed by atoms with Crippen LogP contribution in [0, 0.1) is 0 Å². The van der Waals surface area contributed by atoms with Crippen molar-refractivity contribution in [3.63, 3.8) is 0 Å². The lowest BCUT2D eigenvalue weighted by Crippen LogP contribution is -2.42. The monoisotopic (exact) mass is 300 g/mol. The molecule has 0 aromatic heterocycles. The Morgan fingerprint density at radius 2 is 1.86 bits per heavy atom. The Balaban J connectivity index is 1.67. The zero-order valence-corrected chi connectivity index (χ0v) is 14.0. The van der Waals surface area contributed by atoms with Crippen LogP contribution in [-0.2, 0) is 6.42 Å². The molecule has 1 aromatic rings. The van der Waals surface area contributed by atoms with Crippen molar-refractivity contribution in [2.24, 2.45) is 4.99 Å². The summed E-state index contributed by atoms with van der Waals surface area (Å²) in [5, 5.41) is 6.85. The van der Waals surface area contributed by atoms with Crippen molar-refractivity contribution in [1.29, 1.82) is 0 Å². The van der Waals surface area contributed by atoms with E-state index in [-0.39, 0.29) is 0 Å². The molecule has 4 nitrogen and oxygen atoms in total. The summed E-state index contributed by atoms with van der Waals surface area (Å²) < 4.78 is 0. The van der Waals surface area contributed by atoms with Crippen molar-refractivity contribution in [2.45, 2.75) is 31.7 Å². The van der Waals surface area contributed by atoms with Crippen molar-refractivity contribution in [3.8, 4) is 0 Å². The van der Waals surface area contributed by atoms with Gasteiger partial charge in [0, 0.05) is 39.4 Å². The number of anilines is 1. The molecule has 0 fully saturated rings. The number of aliphatic imine (C=N–C) groups is 1. The predicted molar refractivity (Wildman–Crippen MR) is 95.7 cm³/mol. The highest BCUT2D eigenvalue weighted by molar-refractivity contribution is 5.80. The van der Waals surface area contributed by atoms with Crippen LogP contribution in [0.5, 0.6) is 0 Å². The van der Waals surface area contributed by atoms with E-state index in [0.717, 1.165) is 38.2 Å². The molecule has 0 atom stereocenters. The Bertz CT molecular complexity index is 494. The van der Waals surface area contributed by atoms with Crippen molar-refractivity contribution in [3.05, 3.63) is 42.0 Å². The molecule has 0 aliphatic heterocycles. The summed E-state index contributed by atoms with van der Waals surface area (Å²) in [4.78, 5) is 6.41. The van der Waals surface area contributed by atoms with Crippen LogP contribution >= 0.6 is 0 Å². The summed E-state index contributed by atoms with van der Waals surface area (Å²) in [6.07, 6.45) is 8.83. The number of benzene rings is 1. The second kappa shape index (κ2) is 8.47. The molecule has 0 radical (unpaired) electrons. The Kier molecular flexibility index (Phi) is 6.31. The first-order valence-corrected chi connectivity index (χ1v) is 8.07. The molecule has 0 saturated heterocycles. The quantitative estimate of drug-likeness (QED) is 0.367. The fourth-order valence-electron chi connectivity index (χ4n) is 2.58. The van der Waals surface area contributed by atoms with Gasteiger partial charge in [-0.3, -0.25) is 4.99 Å². The van der Waals surface area contributed by atoms with Crippen molar-refractivity contribution in [2.75, 3.05) is 32.6 Å². The van der Waals surface area contributed by atoms with Crippen LogP contribution in [-0.4, -0.2) is 39.7 Å². The van der Waals surface area contributed by atoms with Crippen molar-refractivity contribution in [1.82, 2.24) is 10.6 Å². The molecule has 22 heavy (non-hydrogen) atoms. The number of hydrogen-bond donors (Lipinski definition) is 2. The van der Waals surface area contributed by atoms with Crippen molar-refractivity contribution >= 4 is 11.6 Å². The number of aryl methyl sites for hydroxylation is 1. The number of hydrogen-bond acceptors (Lipinski definition) is 2. The summed E-state index contributed by atoms with van der Waals surface area (Å²) in [5.41, 5.74) is 2.63. The fourth-order valence-corrected chi connectivity index (χ4v) is 2.58. The summed E-state index contributed by atoms with van der Waals surface area (Å²) in [6, 6.07) is 9.29. The highest BCUT2D eigenvalue weighted by Gasteiger charge is 2.11. The smallest absolute Gasteiger partial charge is 0.191 e. The van der Waals surface area contributed by atoms with Crippen molar-refractivity contribution < 1.29 is 0 Å². The molecule has 2 rings (SSSR count). The van der Waals surface area contributed by atoms with Crippen LogP contribution in [0.25, 0.3) is 0 Å². The largest absolute Gasteiger partial charge is 0.378 e. The van der Waals surface area contributed by atoms with E-state index >= 15 is 0 Å². The molecule has 4 heteroatoms. The molecule has 1 aromatic carbocycles. The van der Waals surface area contributed by atoms with Gasteiger partial charge in [0.2, 0.25) is 0 Å². The van der Waals surface area contributed by atoms with Crippen LogP contribution in [0.2, 0.25) is 0 Å². The number of nitrogens with one attached hydrogen (secondary N) is 2. The molecular weight excluding hydrogens is 272 g/mol. The maximum atomic E-state index is 4.29. The van der Waals surface area contributed by atoms with E-state index in [9.17, 15) is 0 Å². The van der Waals surface area contributed by atoms with E-state index in [1.54, 1.807) is 0 Å². The van der Waals surface area contributed by atoms with Crippen LogP contribution in [0.15, 0.2) is 41.4 Å². The van der Waals surface area contributed by atoms with E-state index in [0.29, 0.717) is 6.04 Å². The van der Waals surface area contributed by atoms with Gasteiger partial charge in [0.1, 0.15) is 0 Å². The van der Waals surface area contributed by atoms with Gasteiger partial charge in [-0.2, -0.15) is 0 Å². The first-order chi connectivity index (χ1) is 10.7. The van der Waals surface area contributed by atoms with Gasteiger partial charge in [0.25, 0.3) is 0 Å². The van der Waals surface area contributed by atoms with E-state index < -0.39 is 0 Å². The topological polar surface area (TPSA) is 39.7 Å². The average molecular weight is 300 g/mol. The molecule has 0 bridgehead atoms. The Hall–Kier alpha value is -1.97. The number of rotatable bonds is 6. The molecule has 0 amide bonds. The van der Waals surface area contributed by atoms with Crippen LogP contribution in [0.3, 0.4) is 0 Å². The second-order valence-corrected chi connectivity index (χ2v) is 5.95. The Morgan fingerprint density at radius 1 is 1.18 bits per heavy atom. The Morgan fingerprint density at radius 3 is 2.45 bits per heavy atom. The summed E-state index contributed by atoms with van der Waals surface area (Å²) in [6.45, 7) is 0.940. The third-order valence-corrected chi connectivity index (χ3v) is 3.96. The highest BCUT2D eigenvalue weighted by atomic mass is 15.2. The molecule has 0 heterocycles. The average Bonchev–Trinajstić information content (AvgIpc) is 3.03. The van der Waals surface area contributed by atoms with Gasteiger partial charge >= 0.3 is 0 Å². The lowest BCUT2D eigenvalue weighted by atomic mass is 10.1. The minimum Gasteiger partial charge on any atom is -0.378 e. The zero-order valence-electron chi connectivity index (χ0n) is 14.0. The normalized spacial score (nSPS) is 15.1.